The Hall–Kier alpha value is -4.49. The summed E-state index contributed by atoms with van der Waals surface area (Å²) in [6, 6.07) is 14.8. The van der Waals surface area contributed by atoms with Gasteiger partial charge >= 0.3 is 6.09 Å². The Morgan fingerprint density at radius 2 is 1.90 bits per heavy atom. The van der Waals surface area contributed by atoms with Crippen molar-refractivity contribution >= 4 is 17.4 Å². The van der Waals surface area contributed by atoms with E-state index in [-0.39, 0.29) is 6.54 Å². The smallest absolute Gasteiger partial charge is 0.407 e. The molecule has 1 aliphatic heterocycles. The number of ether oxygens (including phenoxy) is 1. The highest BCUT2D eigenvalue weighted by molar-refractivity contribution is 5.85. The van der Waals surface area contributed by atoms with Crippen molar-refractivity contribution in [3.05, 3.63) is 71.9 Å². The molecule has 9 nitrogen and oxygen atoms in total. The molecule has 200 valence electrons. The monoisotopic (exact) mass is 527 g/mol. The van der Waals surface area contributed by atoms with Crippen LogP contribution in [0.15, 0.2) is 55.0 Å². The van der Waals surface area contributed by atoms with Crippen LogP contribution in [0.2, 0.25) is 0 Å². The van der Waals surface area contributed by atoms with Crippen LogP contribution in [-0.4, -0.2) is 65.7 Å². The van der Waals surface area contributed by atoms with Crippen molar-refractivity contribution in [2.45, 2.75) is 25.4 Å². The molecule has 10 heteroatoms. The second-order valence-electron chi connectivity index (χ2n) is 9.80. The number of hydrogen-bond donors (Lipinski definition) is 1. The molecule has 0 radical (unpaired) electrons. The Labute approximate surface area is 226 Å². The number of aromatic nitrogens is 3. The van der Waals surface area contributed by atoms with Gasteiger partial charge in [-0.05, 0) is 45.1 Å². The standard InChI is InChI=1S/C29H30FN7O2/c1-35(2)23-10-12-36(13-11-23)28-25-17-32-18-37(25)27(26(34-28)20-6-4-19(15-31)5-7-20)21-8-9-22(24(30)14-21)16-33-29(38)39-3/h4-9,14,17-18,23H,10-13,16H2,1-3H3,(H,33,38). The molecule has 0 unspecified atom stereocenters. The summed E-state index contributed by atoms with van der Waals surface area (Å²) < 4.78 is 21.8. The summed E-state index contributed by atoms with van der Waals surface area (Å²) in [5.41, 5.74) is 4.48. The maximum Gasteiger partial charge on any atom is 0.407 e. The molecule has 5 rings (SSSR count). The largest absolute Gasteiger partial charge is 0.453 e. The lowest BCUT2D eigenvalue weighted by Crippen LogP contribution is -2.42. The van der Waals surface area contributed by atoms with Crippen LogP contribution in [0.5, 0.6) is 0 Å². The Bertz CT molecular complexity index is 1530. The van der Waals surface area contributed by atoms with E-state index < -0.39 is 11.9 Å². The molecule has 1 saturated heterocycles. The van der Waals surface area contributed by atoms with E-state index in [9.17, 15) is 10.1 Å². The number of anilines is 1. The number of amides is 1. The van der Waals surface area contributed by atoms with Gasteiger partial charge < -0.3 is 19.9 Å². The minimum absolute atomic E-state index is 0.00183. The van der Waals surface area contributed by atoms with Crippen LogP contribution >= 0.6 is 0 Å². The lowest BCUT2D eigenvalue weighted by Gasteiger charge is -2.36. The zero-order chi connectivity index (χ0) is 27.5. The molecule has 1 fully saturated rings. The number of carbonyl (C=O) groups is 1. The number of piperidine rings is 1. The Morgan fingerprint density at radius 1 is 1.18 bits per heavy atom. The van der Waals surface area contributed by atoms with Gasteiger partial charge in [-0.3, -0.25) is 4.40 Å². The van der Waals surface area contributed by atoms with Gasteiger partial charge in [0.1, 0.15) is 11.3 Å². The molecule has 4 aromatic rings. The predicted molar refractivity (Wildman–Crippen MR) is 147 cm³/mol. The number of rotatable bonds is 6. The quantitative estimate of drug-likeness (QED) is 0.395. The van der Waals surface area contributed by atoms with Crippen LogP contribution in [-0.2, 0) is 11.3 Å². The second-order valence-corrected chi connectivity index (χ2v) is 9.80. The van der Waals surface area contributed by atoms with Crippen molar-refractivity contribution in [1.29, 1.82) is 5.26 Å². The van der Waals surface area contributed by atoms with Crippen LogP contribution in [0.25, 0.3) is 28.0 Å². The molecule has 1 amide bonds. The van der Waals surface area contributed by atoms with E-state index in [2.05, 4.69) is 45.0 Å². The lowest BCUT2D eigenvalue weighted by atomic mass is 10.0. The van der Waals surface area contributed by atoms with Crippen molar-refractivity contribution in [3.8, 4) is 28.6 Å². The number of benzene rings is 2. The maximum atomic E-state index is 15.2. The fraction of sp³-hybridized carbons (Fsp3) is 0.310. The van der Waals surface area contributed by atoms with Crippen molar-refractivity contribution in [3.63, 3.8) is 0 Å². The fourth-order valence-electron chi connectivity index (χ4n) is 5.05. The highest BCUT2D eigenvalue weighted by atomic mass is 19.1. The van der Waals surface area contributed by atoms with Gasteiger partial charge in [-0.25, -0.2) is 19.2 Å². The summed E-state index contributed by atoms with van der Waals surface area (Å²) in [5.74, 6) is 0.366. The normalized spacial score (nSPS) is 14.0. The number of nitrogens with one attached hydrogen (secondary N) is 1. The van der Waals surface area contributed by atoms with Gasteiger partial charge in [-0.2, -0.15) is 5.26 Å². The van der Waals surface area contributed by atoms with Gasteiger partial charge in [0.2, 0.25) is 0 Å². The summed E-state index contributed by atoms with van der Waals surface area (Å²) in [7, 11) is 5.49. The van der Waals surface area contributed by atoms with E-state index in [0.29, 0.717) is 34.1 Å². The van der Waals surface area contributed by atoms with E-state index in [1.54, 1.807) is 30.7 Å². The highest BCUT2D eigenvalue weighted by Gasteiger charge is 2.26. The Morgan fingerprint density at radius 3 is 2.54 bits per heavy atom. The van der Waals surface area contributed by atoms with Crippen LogP contribution in [0.1, 0.15) is 24.0 Å². The molecule has 3 heterocycles. The van der Waals surface area contributed by atoms with E-state index in [1.165, 1.54) is 13.2 Å². The molecule has 0 atom stereocenters. The SMILES string of the molecule is COC(=O)NCc1ccc(-c2c(-c3ccc(C#N)cc3)nc(N3CCC(N(C)C)CC3)c3cncn23)cc1F. The van der Waals surface area contributed by atoms with E-state index in [1.807, 2.05) is 22.6 Å². The predicted octanol–water partition coefficient (Wildman–Crippen LogP) is 4.46. The minimum atomic E-state index is -0.629. The number of halogens is 1. The minimum Gasteiger partial charge on any atom is -0.453 e. The first kappa shape index (κ1) is 26.1. The Balaban J connectivity index is 1.62. The number of imidazole rings is 1. The van der Waals surface area contributed by atoms with Gasteiger partial charge in [0, 0.05) is 42.4 Å². The van der Waals surface area contributed by atoms with Gasteiger partial charge in [-0.15, -0.1) is 0 Å². The van der Waals surface area contributed by atoms with Crippen LogP contribution < -0.4 is 10.2 Å². The first-order valence-electron chi connectivity index (χ1n) is 12.8. The first-order valence-corrected chi connectivity index (χ1v) is 12.8. The molecule has 2 aromatic carbocycles. The molecule has 1 N–H and O–H groups in total. The highest BCUT2D eigenvalue weighted by Crippen LogP contribution is 2.36. The second kappa shape index (κ2) is 11.1. The van der Waals surface area contributed by atoms with Gasteiger partial charge in [0.15, 0.2) is 5.82 Å². The van der Waals surface area contributed by atoms with Crippen molar-refractivity contribution in [2.24, 2.45) is 0 Å². The molecule has 0 aliphatic carbocycles. The first-order chi connectivity index (χ1) is 18.9. The van der Waals surface area contributed by atoms with Gasteiger partial charge in [0.05, 0.1) is 42.7 Å². The van der Waals surface area contributed by atoms with Gasteiger partial charge in [-0.1, -0.05) is 24.3 Å². The third kappa shape index (κ3) is 5.26. The van der Waals surface area contributed by atoms with Crippen molar-refractivity contribution in [2.75, 3.05) is 39.2 Å². The lowest BCUT2D eigenvalue weighted by molar-refractivity contribution is 0.170. The number of methoxy groups -OCH3 is 1. The van der Waals surface area contributed by atoms with E-state index in [4.69, 9.17) is 4.98 Å². The Kier molecular flexibility index (Phi) is 7.43. The number of alkyl carbamates (subject to hydrolysis) is 1. The topological polar surface area (TPSA) is 98.8 Å². The average molecular weight is 528 g/mol. The zero-order valence-electron chi connectivity index (χ0n) is 22.2. The van der Waals surface area contributed by atoms with E-state index >= 15 is 4.39 Å². The summed E-state index contributed by atoms with van der Waals surface area (Å²) in [6.45, 7) is 1.72. The molecular weight excluding hydrogens is 497 g/mol. The van der Waals surface area contributed by atoms with E-state index in [0.717, 1.165) is 42.8 Å². The number of hydrogen-bond acceptors (Lipinski definition) is 7. The molecule has 0 saturated carbocycles. The van der Waals surface area contributed by atoms with Crippen molar-refractivity contribution in [1.82, 2.24) is 24.6 Å². The molecule has 1 aliphatic rings. The van der Waals surface area contributed by atoms with Gasteiger partial charge in [0.25, 0.3) is 0 Å². The zero-order valence-corrected chi connectivity index (χ0v) is 22.2. The number of carbonyl (C=O) groups excluding carboxylic acids is 1. The number of nitrogens with zero attached hydrogens (tertiary/aromatic N) is 6. The molecular formula is C29H30FN7O2. The van der Waals surface area contributed by atoms with Crippen molar-refractivity contribution < 1.29 is 13.9 Å². The third-order valence-corrected chi connectivity index (χ3v) is 7.27. The fourth-order valence-corrected chi connectivity index (χ4v) is 5.05. The number of nitriles is 1. The van der Waals surface area contributed by atoms with Crippen LogP contribution in [0.4, 0.5) is 15.0 Å². The van der Waals surface area contributed by atoms with Crippen LogP contribution in [0.3, 0.4) is 0 Å². The molecule has 39 heavy (non-hydrogen) atoms. The third-order valence-electron chi connectivity index (χ3n) is 7.27. The number of fused-ring (bicyclic) bond motifs is 1. The summed E-state index contributed by atoms with van der Waals surface area (Å²) in [5, 5.41) is 11.8. The molecule has 2 aromatic heterocycles. The summed E-state index contributed by atoms with van der Waals surface area (Å²) in [4.78, 5) is 25.6. The van der Waals surface area contributed by atoms with Crippen LogP contribution in [0, 0.1) is 17.1 Å². The maximum absolute atomic E-state index is 15.2. The average Bonchev–Trinajstić information content (AvgIpc) is 3.45. The summed E-state index contributed by atoms with van der Waals surface area (Å²) >= 11 is 0. The molecule has 0 bridgehead atoms. The molecule has 0 spiro atoms. The summed E-state index contributed by atoms with van der Waals surface area (Å²) in [6.07, 6.45) is 4.93.